The topological polar surface area (TPSA) is 23.5 Å². The molecule has 1 aromatic carbocycles. The number of benzene rings is 1. The van der Waals surface area contributed by atoms with E-state index in [4.69, 9.17) is 5.11 Å². The summed E-state index contributed by atoms with van der Waals surface area (Å²) in [5.74, 6) is 0. The Labute approximate surface area is 97.9 Å². The quantitative estimate of drug-likeness (QED) is 0.823. The van der Waals surface area contributed by atoms with Crippen LogP contribution >= 0.6 is 0 Å². The fourth-order valence-corrected chi connectivity index (χ4v) is 2.45. The summed E-state index contributed by atoms with van der Waals surface area (Å²) in [6.07, 6.45) is 3.92. The molecule has 1 aliphatic carbocycles. The van der Waals surface area contributed by atoms with E-state index in [9.17, 15) is 0 Å². The van der Waals surface area contributed by atoms with Gasteiger partial charge in [-0.3, -0.25) is 4.90 Å². The van der Waals surface area contributed by atoms with Gasteiger partial charge in [-0.15, -0.1) is 0 Å². The standard InChI is InChI=1S/C14H21NO/c1-12(13-6-3-2-4-7-13)15(10-11-16)14-8-5-9-14/h2-4,6-7,12,14,16H,5,8-11H2,1H3. The average molecular weight is 219 g/mol. The molecule has 1 unspecified atom stereocenters. The van der Waals surface area contributed by atoms with Gasteiger partial charge in [0.25, 0.3) is 0 Å². The van der Waals surface area contributed by atoms with Crippen molar-refractivity contribution >= 4 is 0 Å². The summed E-state index contributed by atoms with van der Waals surface area (Å²) in [5.41, 5.74) is 1.35. The van der Waals surface area contributed by atoms with Gasteiger partial charge in [0.05, 0.1) is 6.61 Å². The minimum atomic E-state index is 0.258. The molecule has 0 amide bonds. The maximum absolute atomic E-state index is 9.16. The van der Waals surface area contributed by atoms with Crippen molar-refractivity contribution in [2.45, 2.75) is 38.3 Å². The average Bonchev–Trinajstić information content (AvgIpc) is 2.26. The van der Waals surface area contributed by atoms with Crippen molar-refractivity contribution in [3.05, 3.63) is 35.9 Å². The molecule has 1 aliphatic rings. The Hall–Kier alpha value is -0.860. The minimum Gasteiger partial charge on any atom is -0.395 e. The monoisotopic (exact) mass is 219 g/mol. The second-order valence-electron chi connectivity index (χ2n) is 4.63. The van der Waals surface area contributed by atoms with E-state index < -0.39 is 0 Å². The van der Waals surface area contributed by atoms with Crippen molar-refractivity contribution in [3.63, 3.8) is 0 Å². The Kier molecular flexibility index (Phi) is 3.97. The maximum atomic E-state index is 9.16. The van der Waals surface area contributed by atoms with E-state index in [-0.39, 0.29) is 6.61 Å². The Bertz CT molecular complexity index is 308. The molecule has 0 aliphatic heterocycles. The lowest BCUT2D eigenvalue weighted by Crippen LogP contribution is -2.43. The molecule has 1 N–H and O–H groups in total. The number of aliphatic hydroxyl groups excluding tert-OH is 1. The molecule has 2 rings (SSSR count). The van der Waals surface area contributed by atoms with Crippen molar-refractivity contribution in [2.75, 3.05) is 13.2 Å². The van der Waals surface area contributed by atoms with Crippen molar-refractivity contribution in [2.24, 2.45) is 0 Å². The van der Waals surface area contributed by atoms with Gasteiger partial charge in [-0.25, -0.2) is 0 Å². The van der Waals surface area contributed by atoms with Crippen molar-refractivity contribution < 1.29 is 5.11 Å². The molecule has 0 spiro atoms. The normalized spacial score (nSPS) is 18.4. The highest BCUT2D eigenvalue weighted by Crippen LogP contribution is 2.31. The summed E-state index contributed by atoms with van der Waals surface area (Å²) in [4.78, 5) is 2.44. The van der Waals surface area contributed by atoms with Gasteiger partial charge in [-0.2, -0.15) is 0 Å². The van der Waals surface area contributed by atoms with Crippen molar-refractivity contribution in [3.8, 4) is 0 Å². The van der Waals surface area contributed by atoms with E-state index in [0.29, 0.717) is 12.1 Å². The fourth-order valence-electron chi connectivity index (χ4n) is 2.45. The Morgan fingerprint density at radius 1 is 1.31 bits per heavy atom. The smallest absolute Gasteiger partial charge is 0.0558 e. The van der Waals surface area contributed by atoms with Crippen LogP contribution in [0.3, 0.4) is 0 Å². The van der Waals surface area contributed by atoms with Crippen LogP contribution in [-0.2, 0) is 0 Å². The highest BCUT2D eigenvalue weighted by atomic mass is 16.3. The van der Waals surface area contributed by atoms with Crippen LogP contribution in [0.1, 0.15) is 37.8 Å². The molecule has 88 valence electrons. The molecule has 2 heteroatoms. The zero-order valence-electron chi connectivity index (χ0n) is 9.97. The lowest BCUT2D eigenvalue weighted by molar-refractivity contribution is 0.0663. The molecule has 16 heavy (non-hydrogen) atoms. The zero-order chi connectivity index (χ0) is 11.4. The van der Waals surface area contributed by atoms with E-state index in [1.807, 2.05) is 0 Å². The second-order valence-corrected chi connectivity index (χ2v) is 4.63. The third kappa shape index (κ3) is 2.45. The van der Waals surface area contributed by atoms with Gasteiger partial charge in [0, 0.05) is 18.6 Å². The van der Waals surface area contributed by atoms with Crippen LogP contribution in [0, 0.1) is 0 Å². The van der Waals surface area contributed by atoms with Crippen LogP contribution in [0.2, 0.25) is 0 Å². The van der Waals surface area contributed by atoms with Crippen LogP contribution in [0.15, 0.2) is 30.3 Å². The van der Waals surface area contributed by atoms with E-state index in [0.717, 1.165) is 6.54 Å². The van der Waals surface area contributed by atoms with Gasteiger partial charge in [0.2, 0.25) is 0 Å². The van der Waals surface area contributed by atoms with Gasteiger partial charge < -0.3 is 5.11 Å². The first kappa shape index (κ1) is 11.6. The largest absolute Gasteiger partial charge is 0.395 e. The summed E-state index contributed by atoms with van der Waals surface area (Å²) >= 11 is 0. The highest BCUT2D eigenvalue weighted by Gasteiger charge is 2.28. The van der Waals surface area contributed by atoms with Gasteiger partial charge in [0.1, 0.15) is 0 Å². The van der Waals surface area contributed by atoms with Crippen molar-refractivity contribution in [1.82, 2.24) is 4.90 Å². The maximum Gasteiger partial charge on any atom is 0.0558 e. The van der Waals surface area contributed by atoms with E-state index in [1.165, 1.54) is 24.8 Å². The Morgan fingerprint density at radius 2 is 2.00 bits per heavy atom. The first-order valence-electron chi connectivity index (χ1n) is 6.24. The van der Waals surface area contributed by atoms with Crippen LogP contribution in [0.5, 0.6) is 0 Å². The Balaban J connectivity index is 2.07. The molecule has 0 saturated heterocycles. The molecule has 1 fully saturated rings. The third-order valence-electron chi connectivity index (χ3n) is 3.68. The SMILES string of the molecule is CC(c1ccccc1)N(CCO)C1CCC1. The predicted octanol–water partition coefficient (Wildman–Crippen LogP) is 2.59. The molecule has 0 aromatic heterocycles. The third-order valence-corrected chi connectivity index (χ3v) is 3.68. The summed E-state index contributed by atoms with van der Waals surface area (Å²) in [6.45, 7) is 3.29. The van der Waals surface area contributed by atoms with E-state index in [1.54, 1.807) is 0 Å². The van der Waals surface area contributed by atoms with Gasteiger partial charge >= 0.3 is 0 Å². The molecule has 0 bridgehead atoms. The lowest BCUT2D eigenvalue weighted by Gasteiger charge is -2.41. The lowest BCUT2D eigenvalue weighted by atomic mass is 9.89. The summed E-state index contributed by atoms with van der Waals surface area (Å²) in [5, 5.41) is 9.16. The molecule has 0 heterocycles. The van der Waals surface area contributed by atoms with Crippen LogP contribution in [0.4, 0.5) is 0 Å². The number of aliphatic hydroxyl groups is 1. The molecule has 1 atom stereocenters. The van der Waals surface area contributed by atoms with E-state index in [2.05, 4.69) is 42.2 Å². The molecule has 1 aromatic rings. The van der Waals surface area contributed by atoms with Crippen molar-refractivity contribution in [1.29, 1.82) is 0 Å². The molecular weight excluding hydrogens is 198 g/mol. The number of nitrogens with zero attached hydrogens (tertiary/aromatic N) is 1. The zero-order valence-corrected chi connectivity index (χ0v) is 9.97. The summed E-state index contributed by atoms with van der Waals surface area (Å²) in [6, 6.07) is 11.7. The summed E-state index contributed by atoms with van der Waals surface area (Å²) in [7, 11) is 0. The van der Waals surface area contributed by atoms with Crippen LogP contribution < -0.4 is 0 Å². The molecule has 1 saturated carbocycles. The van der Waals surface area contributed by atoms with Crippen LogP contribution in [0.25, 0.3) is 0 Å². The molecule has 2 nitrogen and oxygen atoms in total. The molecular formula is C14H21NO. The number of hydrogen-bond donors (Lipinski definition) is 1. The first-order valence-corrected chi connectivity index (χ1v) is 6.24. The second kappa shape index (κ2) is 5.46. The van der Waals surface area contributed by atoms with Gasteiger partial charge in [0.15, 0.2) is 0 Å². The molecule has 0 radical (unpaired) electrons. The van der Waals surface area contributed by atoms with Gasteiger partial charge in [-0.05, 0) is 25.3 Å². The highest BCUT2D eigenvalue weighted by molar-refractivity contribution is 5.18. The number of rotatable bonds is 5. The van der Waals surface area contributed by atoms with E-state index >= 15 is 0 Å². The number of hydrogen-bond acceptors (Lipinski definition) is 2. The van der Waals surface area contributed by atoms with Gasteiger partial charge in [-0.1, -0.05) is 36.8 Å². The van der Waals surface area contributed by atoms with Crippen LogP contribution in [-0.4, -0.2) is 29.2 Å². The summed E-state index contributed by atoms with van der Waals surface area (Å²) < 4.78 is 0. The fraction of sp³-hybridized carbons (Fsp3) is 0.571. The minimum absolute atomic E-state index is 0.258. The predicted molar refractivity (Wildman–Crippen MR) is 66.3 cm³/mol. The Morgan fingerprint density at radius 3 is 2.50 bits per heavy atom. The first-order chi connectivity index (χ1) is 7.83.